The van der Waals surface area contributed by atoms with Crippen LogP contribution in [0.4, 0.5) is 0 Å². The maximum atomic E-state index is 5.57. The molecule has 0 saturated carbocycles. The fraction of sp³-hybridized carbons (Fsp3) is 0.375. The van der Waals surface area contributed by atoms with Crippen LogP contribution >= 0.6 is 15.9 Å². The summed E-state index contributed by atoms with van der Waals surface area (Å²) in [5.74, 6) is 0.923. The predicted octanol–water partition coefficient (Wildman–Crippen LogP) is -1.52. The molecule has 0 saturated heterocycles. The van der Waals surface area contributed by atoms with E-state index in [-0.39, 0.29) is 21.5 Å². The normalized spacial score (nSPS) is 25.5. The maximum Gasteiger partial charge on any atom is 0.369 e. The van der Waals surface area contributed by atoms with Gasteiger partial charge in [-0.1, -0.05) is 0 Å². The van der Waals surface area contributed by atoms with Gasteiger partial charge in [0.2, 0.25) is 11.1 Å². The number of nitrogens with zero attached hydrogens (tertiary/aromatic N) is 1. The van der Waals surface area contributed by atoms with Crippen LogP contribution in [-0.2, 0) is 6.54 Å². The molecule has 0 fully saturated rings. The van der Waals surface area contributed by atoms with Crippen LogP contribution in [0.25, 0.3) is 0 Å². The summed E-state index contributed by atoms with van der Waals surface area (Å²) >= 11 is 3.48. The van der Waals surface area contributed by atoms with Crippen LogP contribution in [0.5, 0.6) is 5.88 Å². The third kappa shape index (κ3) is 1.80. The highest BCUT2D eigenvalue weighted by atomic mass is 79.9. The highest BCUT2D eigenvalue weighted by Gasteiger charge is 2.38. The zero-order chi connectivity index (χ0) is 7.90. The van der Waals surface area contributed by atoms with Gasteiger partial charge in [-0.05, 0) is 28.9 Å². The molecule has 66 valence electrons. The Bertz CT molecular complexity index is 261. The molecule has 12 heavy (non-hydrogen) atoms. The molecule has 1 aliphatic heterocycles. The Labute approximate surface area is 90.4 Å². The molecule has 1 aromatic rings. The average Bonchev–Trinajstić information content (AvgIpc) is 2.21. The Morgan fingerprint density at radius 1 is 1.58 bits per heavy atom. The van der Waals surface area contributed by atoms with Gasteiger partial charge < -0.3 is 21.7 Å². The van der Waals surface area contributed by atoms with Crippen LogP contribution in [0.15, 0.2) is 24.4 Å². The van der Waals surface area contributed by atoms with E-state index in [1.807, 2.05) is 31.3 Å². The number of halogens is 2. The summed E-state index contributed by atoms with van der Waals surface area (Å²) in [6.07, 6.45) is 2.02. The molecule has 0 spiro atoms. The summed E-state index contributed by atoms with van der Waals surface area (Å²) < 4.78 is 7.43. The lowest BCUT2D eigenvalue weighted by Gasteiger charge is -2.07. The lowest BCUT2D eigenvalue weighted by molar-refractivity contribution is -0.682. The standard InChI is InChI=1S/C8H9BrNO.BrH/c1-8(9)6-10-5-3-2-4-7(10)11-8;/h2-5H,6H2,1H3;1H/q+1;/p-1. The van der Waals surface area contributed by atoms with Crippen LogP contribution in [0.2, 0.25) is 0 Å². The van der Waals surface area contributed by atoms with Gasteiger partial charge in [-0.25, -0.2) is 0 Å². The minimum atomic E-state index is -0.221. The summed E-state index contributed by atoms with van der Waals surface area (Å²) in [5, 5.41) is 0. The largest absolute Gasteiger partial charge is 1.00 e. The van der Waals surface area contributed by atoms with Crippen LogP contribution in [0.1, 0.15) is 6.92 Å². The maximum absolute atomic E-state index is 5.57. The topological polar surface area (TPSA) is 13.1 Å². The van der Waals surface area contributed by atoms with Crippen molar-refractivity contribution in [3.63, 3.8) is 0 Å². The minimum Gasteiger partial charge on any atom is -1.00 e. The average molecular weight is 295 g/mol. The number of pyridine rings is 1. The first kappa shape index (κ1) is 9.99. The Morgan fingerprint density at radius 2 is 2.33 bits per heavy atom. The third-order valence-corrected chi connectivity index (χ3v) is 2.08. The van der Waals surface area contributed by atoms with Gasteiger partial charge >= 0.3 is 5.88 Å². The van der Waals surface area contributed by atoms with Gasteiger partial charge in [-0.2, -0.15) is 4.57 Å². The van der Waals surface area contributed by atoms with Gasteiger partial charge in [0.05, 0.1) is 6.07 Å². The Balaban J connectivity index is 0.000000720. The van der Waals surface area contributed by atoms with Gasteiger partial charge in [-0.3, -0.25) is 0 Å². The van der Waals surface area contributed by atoms with E-state index in [0.717, 1.165) is 12.4 Å². The first-order valence-electron chi connectivity index (χ1n) is 3.54. The Hall–Kier alpha value is -0.0900. The van der Waals surface area contributed by atoms with E-state index in [9.17, 15) is 0 Å². The molecule has 0 radical (unpaired) electrons. The fourth-order valence-electron chi connectivity index (χ4n) is 1.24. The molecular formula is C8H9Br2NO. The summed E-state index contributed by atoms with van der Waals surface area (Å²) in [5.41, 5.74) is 0. The van der Waals surface area contributed by atoms with Crippen LogP contribution in [0.3, 0.4) is 0 Å². The van der Waals surface area contributed by atoms with Crippen molar-refractivity contribution < 1.29 is 26.3 Å². The van der Waals surface area contributed by atoms with E-state index < -0.39 is 0 Å². The Morgan fingerprint density at radius 3 is 3.00 bits per heavy atom. The molecule has 2 rings (SSSR count). The van der Waals surface area contributed by atoms with Crippen molar-refractivity contribution >= 4 is 15.9 Å². The molecule has 0 aromatic carbocycles. The molecule has 1 aliphatic rings. The van der Waals surface area contributed by atoms with Crippen molar-refractivity contribution in [3.8, 4) is 5.88 Å². The number of hydrogen-bond donors (Lipinski definition) is 0. The monoisotopic (exact) mass is 293 g/mol. The highest BCUT2D eigenvalue weighted by molar-refractivity contribution is 9.10. The molecule has 1 unspecified atom stereocenters. The number of ether oxygens (including phenoxy) is 1. The first-order chi connectivity index (χ1) is 5.17. The molecule has 0 aliphatic carbocycles. The molecule has 1 atom stereocenters. The van der Waals surface area contributed by atoms with Gasteiger partial charge in [-0.15, -0.1) is 0 Å². The zero-order valence-electron chi connectivity index (χ0n) is 6.63. The van der Waals surface area contributed by atoms with E-state index in [1.165, 1.54) is 0 Å². The minimum absolute atomic E-state index is 0. The van der Waals surface area contributed by atoms with Crippen molar-refractivity contribution in [1.29, 1.82) is 0 Å². The molecular weight excluding hydrogens is 286 g/mol. The molecule has 2 nitrogen and oxygen atoms in total. The number of aromatic nitrogens is 1. The summed E-state index contributed by atoms with van der Waals surface area (Å²) in [6.45, 7) is 2.88. The number of fused-ring (bicyclic) bond motifs is 1. The highest BCUT2D eigenvalue weighted by Crippen LogP contribution is 2.26. The van der Waals surface area contributed by atoms with Gasteiger partial charge in [0.15, 0.2) is 6.20 Å². The summed E-state index contributed by atoms with van der Waals surface area (Å²) in [6, 6.07) is 5.94. The van der Waals surface area contributed by atoms with Crippen molar-refractivity contribution in [3.05, 3.63) is 24.4 Å². The third-order valence-electron chi connectivity index (χ3n) is 1.67. The van der Waals surface area contributed by atoms with E-state index in [0.29, 0.717) is 0 Å². The van der Waals surface area contributed by atoms with Crippen LogP contribution < -0.4 is 26.3 Å². The quantitative estimate of drug-likeness (QED) is 0.419. The van der Waals surface area contributed by atoms with E-state index in [1.54, 1.807) is 0 Å². The number of rotatable bonds is 0. The molecule has 0 bridgehead atoms. The van der Waals surface area contributed by atoms with Crippen molar-refractivity contribution in [1.82, 2.24) is 0 Å². The first-order valence-corrected chi connectivity index (χ1v) is 4.33. The van der Waals surface area contributed by atoms with Crippen molar-refractivity contribution in [2.45, 2.75) is 18.0 Å². The van der Waals surface area contributed by atoms with Gasteiger partial charge in [0.25, 0.3) is 0 Å². The van der Waals surface area contributed by atoms with Crippen LogP contribution in [-0.4, -0.2) is 4.51 Å². The van der Waals surface area contributed by atoms with E-state index in [4.69, 9.17) is 4.74 Å². The van der Waals surface area contributed by atoms with E-state index in [2.05, 4.69) is 20.5 Å². The lowest BCUT2D eigenvalue weighted by Crippen LogP contribution is -3.00. The predicted molar refractivity (Wildman–Crippen MR) is 44.6 cm³/mol. The fourth-order valence-corrected chi connectivity index (χ4v) is 1.67. The smallest absolute Gasteiger partial charge is 0.369 e. The van der Waals surface area contributed by atoms with Crippen molar-refractivity contribution in [2.75, 3.05) is 0 Å². The second kappa shape index (κ2) is 3.34. The number of alkyl halides is 1. The second-order valence-electron chi connectivity index (χ2n) is 2.87. The molecule has 4 heteroatoms. The van der Waals surface area contributed by atoms with Gasteiger partial charge in [0, 0.05) is 6.07 Å². The second-order valence-corrected chi connectivity index (χ2v) is 4.55. The molecule has 2 heterocycles. The van der Waals surface area contributed by atoms with E-state index >= 15 is 0 Å². The molecule has 0 N–H and O–H groups in total. The van der Waals surface area contributed by atoms with Crippen LogP contribution in [0, 0.1) is 0 Å². The van der Waals surface area contributed by atoms with Gasteiger partial charge in [0.1, 0.15) is 0 Å². The SMILES string of the molecule is CC1(Br)C[n+]2ccccc2O1.[Br-]. The summed E-state index contributed by atoms with van der Waals surface area (Å²) in [7, 11) is 0. The summed E-state index contributed by atoms with van der Waals surface area (Å²) in [4.78, 5) is 0. The zero-order valence-corrected chi connectivity index (χ0v) is 9.80. The number of hydrogen-bond acceptors (Lipinski definition) is 1. The molecule has 0 amide bonds. The lowest BCUT2D eigenvalue weighted by atomic mass is 10.4. The Kier molecular flexibility index (Phi) is 2.78. The molecule has 1 aromatic heterocycles. The van der Waals surface area contributed by atoms with Crippen molar-refractivity contribution in [2.24, 2.45) is 0 Å².